The number of hydrogen-bond acceptors (Lipinski definition) is 11. The number of unbranched alkanes of at least 4 members (excludes halogenated alkanes) is 6. The van der Waals surface area contributed by atoms with E-state index in [2.05, 4.69) is 21.7 Å². The molecular formula is C38H52N4O12. The lowest BCUT2D eigenvalue weighted by Gasteiger charge is -2.37. The summed E-state index contributed by atoms with van der Waals surface area (Å²) in [6, 6.07) is 5.92. The summed E-state index contributed by atoms with van der Waals surface area (Å²) in [6.45, 7) is 6.14. The van der Waals surface area contributed by atoms with Crippen molar-refractivity contribution in [3.63, 3.8) is 0 Å². The zero-order valence-electron chi connectivity index (χ0n) is 30.7. The van der Waals surface area contributed by atoms with Crippen LogP contribution in [0.15, 0.2) is 60.9 Å². The van der Waals surface area contributed by atoms with Gasteiger partial charge in [-0.15, -0.1) is 0 Å². The second kappa shape index (κ2) is 24.8. The van der Waals surface area contributed by atoms with Crippen LogP contribution in [0.4, 0.5) is 5.82 Å². The van der Waals surface area contributed by atoms with Gasteiger partial charge in [0.1, 0.15) is 11.9 Å². The Morgan fingerprint density at radius 3 is 1.70 bits per heavy atom. The molecule has 0 saturated carbocycles. The van der Waals surface area contributed by atoms with Gasteiger partial charge in [0.05, 0.1) is 18.4 Å². The van der Waals surface area contributed by atoms with Crippen molar-refractivity contribution in [2.45, 2.75) is 77.2 Å². The lowest BCUT2D eigenvalue weighted by Crippen LogP contribution is -2.51. The molecule has 0 aromatic carbocycles. The Morgan fingerprint density at radius 1 is 0.741 bits per heavy atom. The number of carboxylic acid groups (broad SMARTS) is 4. The normalized spacial score (nSPS) is 18.7. The largest absolute Gasteiger partial charge is 0.478 e. The number of aliphatic carboxylic acids is 4. The van der Waals surface area contributed by atoms with Crippen molar-refractivity contribution in [1.82, 2.24) is 14.8 Å². The molecule has 2 aliphatic heterocycles. The first kappa shape index (κ1) is 44.8. The average molecular weight is 757 g/mol. The molecule has 0 bridgehead atoms. The molecule has 54 heavy (non-hydrogen) atoms. The number of carboxylic acids is 4. The van der Waals surface area contributed by atoms with Gasteiger partial charge in [0.15, 0.2) is 0 Å². The number of piperazine rings is 1. The number of fused-ring (bicyclic) bond motifs is 1. The Hall–Kier alpha value is -5.38. The number of aromatic nitrogens is 1. The van der Waals surface area contributed by atoms with Crippen molar-refractivity contribution in [2.75, 3.05) is 44.2 Å². The minimum absolute atomic E-state index is 0.113. The van der Waals surface area contributed by atoms with Crippen LogP contribution in [0.2, 0.25) is 0 Å². The minimum Gasteiger partial charge on any atom is -0.478 e. The number of hydrogen-bond donors (Lipinski definition) is 4. The number of likely N-dealkylation sites (tertiary alicyclic amines) is 1. The fourth-order valence-electron chi connectivity index (χ4n) is 6.13. The molecule has 1 unspecified atom stereocenters. The summed E-state index contributed by atoms with van der Waals surface area (Å²) < 4.78 is 5.95. The van der Waals surface area contributed by atoms with E-state index >= 15 is 0 Å². The summed E-state index contributed by atoms with van der Waals surface area (Å²) in [6.07, 6.45) is 17.1. The fraction of sp³-hybridized carbons (Fsp3) is 0.526. The van der Waals surface area contributed by atoms with Crippen LogP contribution in [0.3, 0.4) is 0 Å². The molecule has 3 aliphatic rings. The molecule has 2 amide bonds. The van der Waals surface area contributed by atoms with E-state index in [1.165, 1.54) is 30.6 Å². The highest BCUT2D eigenvalue weighted by Crippen LogP contribution is 2.35. The van der Waals surface area contributed by atoms with Crippen LogP contribution in [0, 0.1) is 11.8 Å². The molecule has 3 heterocycles. The Labute approximate surface area is 314 Å². The quantitative estimate of drug-likeness (QED) is 0.0551. The van der Waals surface area contributed by atoms with Gasteiger partial charge in [-0.25, -0.2) is 24.2 Å². The van der Waals surface area contributed by atoms with Gasteiger partial charge in [-0.1, -0.05) is 63.7 Å². The third-order valence-corrected chi connectivity index (χ3v) is 8.81. The highest BCUT2D eigenvalue weighted by atomic mass is 16.5. The third kappa shape index (κ3) is 17.4. The number of pyridine rings is 1. The van der Waals surface area contributed by atoms with E-state index in [0.717, 1.165) is 51.3 Å². The summed E-state index contributed by atoms with van der Waals surface area (Å²) in [7, 11) is 0. The van der Waals surface area contributed by atoms with Gasteiger partial charge in [-0.3, -0.25) is 24.2 Å². The Morgan fingerprint density at radius 2 is 1.24 bits per heavy atom. The van der Waals surface area contributed by atoms with Gasteiger partial charge in [0, 0.05) is 69.6 Å². The number of ether oxygens (including phenoxy) is 1. The Balaban J connectivity index is 0.000000526. The topological polar surface area (TPSA) is 232 Å². The smallest absolute Gasteiger partial charge is 0.328 e. The zero-order chi connectivity index (χ0) is 39.9. The van der Waals surface area contributed by atoms with Crippen molar-refractivity contribution in [2.24, 2.45) is 11.8 Å². The molecule has 1 aromatic heterocycles. The second-order valence-corrected chi connectivity index (χ2v) is 12.9. The van der Waals surface area contributed by atoms with Crippen LogP contribution < -0.4 is 4.90 Å². The summed E-state index contributed by atoms with van der Waals surface area (Å²) in [4.78, 5) is 87.5. The number of allylic oxidation sites excluding steroid dienone is 2. The van der Waals surface area contributed by atoms with Crippen molar-refractivity contribution >= 4 is 47.5 Å². The lowest BCUT2D eigenvalue weighted by atomic mass is 9.85. The first-order valence-corrected chi connectivity index (χ1v) is 18.2. The van der Waals surface area contributed by atoms with E-state index in [4.69, 9.17) is 25.2 Å². The summed E-state index contributed by atoms with van der Waals surface area (Å²) in [5.74, 6) is -5.05. The standard InChI is InChI=1S/C30H44N4O4.2C4H4O4/c1-2-3-4-5-6-7-8-16-28(35)38-24(23-34-29(36)25-13-9-10-14-26(25)30(34)37)22-32-18-20-33(21-19-32)27-15-11-12-17-31-27;2*5-3(6)1-2-4(7)8/h9-12,15,17,24-26H,2-8,13-14,16,18-23H2,1H3;2*1-2H,(H,5,6)(H,7,8)/b;2*2-1-/t24?,25-,26+;;. The van der Waals surface area contributed by atoms with Gasteiger partial charge < -0.3 is 30.1 Å². The summed E-state index contributed by atoms with van der Waals surface area (Å²) >= 11 is 0. The predicted octanol–water partition coefficient (Wildman–Crippen LogP) is 3.63. The van der Waals surface area contributed by atoms with E-state index in [1.54, 1.807) is 6.20 Å². The molecule has 4 rings (SSSR count). The van der Waals surface area contributed by atoms with Gasteiger partial charge in [-0.05, 0) is 31.4 Å². The number of carbonyl (C=O) groups is 7. The van der Waals surface area contributed by atoms with Crippen LogP contribution in [-0.4, -0.2) is 122 Å². The lowest BCUT2D eigenvalue weighted by molar-refractivity contribution is -0.155. The monoisotopic (exact) mass is 756 g/mol. The van der Waals surface area contributed by atoms with Crippen LogP contribution >= 0.6 is 0 Å². The number of amides is 2. The van der Waals surface area contributed by atoms with Crippen molar-refractivity contribution in [3.8, 4) is 0 Å². The van der Waals surface area contributed by atoms with E-state index in [9.17, 15) is 33.6 Å². The van der Waals surface area contributed by atoms with Gasteiger partial charge in [0.25, 0.3) is 0 Å². The maximum Gasteiger partial charge on any atom is 0.328 e. The van der Waals surface area contributed by atoms with E-state index < -0.39 is 30.0 Å². The molecule has 0 spiro atoms. The van der Waals surface area contributed by atoms with Crippen molar-refractivity contribution < 1.29 is 58.7 Å². The average Bonchev–Trinajstić information content (AvgIpc) is 3.38. The Bertz CT molecular complexity index is 1400. The first-order valence-electron chi connectivity index (χ1n) is 18.2. The van der Waals surface area contributed by atoms with Crippen LogP contribution in [0.5, 0.6) is 0 Å². The van der Waals surface area contributed by atoms with Gasteiger partial charge >= 0.3 is 29.8 Å². The molecule has 2 fully saturated rings. The van der Waals surface area contributed by atoms with Crippen LogP contribution in [0.1, 0.15) is 71.1 Å². The highest BCUT2D eigenvalue weighted by Gasteiger charge is 2.48. The molecule has 1 aliphatic carbocycles. The third-order valence-electron chi connectivity index (χ3n) is 8.81. The second-order valence-electron chi connectivity index (χ2n) is 12.9. The fourth-order valence-corrected chi connectivity index (χ4v) is 6.13. The number of carbonyl (C=O) groups excluding carboxylic acids is 3. The van der Waals surface area contributed by atoms with Gasteiger partial charge in [-0.2, -0.15) is 0 Å². The maximum atomic E-state index is 13.1. The molecular weight excluding hydrogens is 704 g/mol. The van der Waals surface area contributed by atoms with Crippen LogP contribution in [0.25, 0.3) is 0 Å². The molecule has 2 saturated heterocycles. The summed E-state index contributed by atoms with van der Waals surface area (Å²) in [5, 5.41) is 31.2. The number of imide groups is 1. The van der Waals surface area contributed by atoms with E-state index in [0.29, 0.717) is 50.1 Å². The molecule has 4 N–H and O–H groups in total. The highest BCUT2D eigenvalue weighted by molar-refractivity contribution is 6.05. The SMILES string of the molecule is CCCCCCCCCC(=O)OC(CN1CCN(c2ccccn2)CC1)CN1C(=O)[C@H]2CC=CC[C@H]2C1=O.O=C(O)/C=C\C(=O)O.O=C(O)/C=C\C(=O)O. The zero-order valence-corrected chi connectivity index (χ0v) is 30.7. The summed E-state index contributed by atoms with van der Waals surface area (Å²) in [5.41, 5.74) is 0. The Kier molecular flexibility index (Phi) is 20.6. The van der Waals surface area contributed by atoms with E-state index in [-0.39, 0.29) is 36.2 Å². The molecule has 296 valence electrons. The maximum absolute atomic E-state index is 13.1. The molecule has 16 nitrogen and oxygen atoms in total. The number of rotatable bonds is 18. The number of nitrogens with zero attached hydrogens (tertiary/aromatic N) is 4. The molecule has 1 aromatic rings. The number of anilines is 1. The minimum atomic E-state index is -1.26. The first-order chi connectivity index (χ1) is 25.8. The number of esters is 1. The van der Waals surface area contributed by atoms with Crippen molar-refractivity contribution in [3.05, 3.63) is 60.9 Å². The molecule has 3 atom stereocenters. The van der Waals surface area contributed by atoms with Gasteiger partial charge in [0.2, 0.25) is 11.8 Å². The van der Waals surface area contributed by atoms with Crippen LogP contribution in [-0.2, 0) is 38.3 Å². The van der Waals surface area contributed by atoms with E-state index in [1.807, 2.05) is 30.4 Å². The molecule has 16 heteroatoms. The van der Waals surface area contributed by atoms with Crippen molar-refractivity contribution in [1.29, 1.82) is 0 Å². The molecule has 0 radical (unpaired) electrons. The predicted molar refractivity (Wildman–Crippen MR) is 196 cm³/mol.